The average molecular weight is 368 g/mol. The number of hydrogen-bond donors (Lipinski definition) is 0. The molecule has 3 rings (SSSR count). The average Bonchev–Trinajstić information content (AvgIpc) is 2.61. The van der Waals surface area contributed by atoms with E-state index in [2.05, 4.69) is 20.9 Å². The van der Waals surface area contributed by atoms with Gasteiger partial charge in [-0.05, 0) is 35.9 Å². The van der Waals surface area contributed by atoms with E-state index in [9.17, 15) is 4.79 Å². The smallest absolute Gasteiger partial charge is 0.339 e. The third-order valence-electron chi connectivity index (χ3n) is 3.34. The van der Waals surface area contributed by atoms with Crippen LogP contribution in [0, 0.1) is 0 Å². The molecule has 0 fully saturated rings. The maximum Gasteiger partial charge on any atom is 0.339 e. The molecule has 0 radical (unpaired) electrons. The van der Waals surface area contributed by atoms with Crippen LogP contribution in [0.4, 0.5) is 0 Å². The number of esters is 1. The van der Waals surface area contributed by atoms with E-state index in [1.807, 2.05) is 54.6 Å². The van der Waals surface area contributed by atoms with E-state index in [1.165, 1.54) is 0 Å². The zero-order valence-electron chi connectivity index (χ0n) is 12.2. The number of halogens is 1. The summed E-state index contributed by atoms with van der Waals surface area (Å²) >= 11 is 3.37. The third kappa shape index (κ3) is 3.85. The molecule has 23 heavy (non-hydrogen) atoms. The second kappa shape index (κ2) is 7.20. The minimum Gasteiger partial charge on any atom is -0.447 e. The summed E-state index contributed by atoms with van der Waals surface area (Å²) in [5.41, 5.74) is 2.08. The van der Waals surface area contributed by atoms with Crippen LogP contribution < -0.4 is 0 Å². The molecule has 1 atom stereocenters. The van der Waals surface area contributed by atoms with Crippen LogP contribution in [-0.4, -0.2) is 11.0 Å². The second-order valence-corrected chi connectivity index (χ2v) is 5.88. The van der Waals surface area contributed by atoms with Gasteiger partial charge in [0.25, 0.3) is 0 Å². The number of carbonyl (C=O) groups excluding carboxylic acids is 1. The summed E-state index contributed by atoms with van der Waals surface area (Å²) in [6.07, 6.45) is 1.15. The van der Waals surface area contributed by atoms with Crippen molar-refractivity contribution in [2.24, 2.45) is 0 Å². The molecule has 1 unspecified atom stereocenters. The first-order chi connectivity index (χ1) is 11.2. The molecule has 3 nitrogen and oxygen atoms in total. The Morgan fingerprint density at radius 2 is 1.74 bits per heavy atom. The van der Waals surface area contributed by atoms with Crippen molar-refractivity contribution in [3.8, 4) is 0 Å². The Bertz CT molecular complexity index is 751. The molecule has 4 heteroatoms. The molecule has 0 aliphatic carbocycles. The zero-order chi connectivity index (χ0) is 16.1. The predicted molar refractivity (Wildman–Crippen MR) is 92.1 cm³/mol. The highest BCUT2D eigenvalue weighted by atomic mass is 79.9. The van der Waals surface area contributed by atoms with Crippen LogP contribution in [0.1, 0.15) is 27.7 Å². The summed E-state index contributed by atoms with van der Waals surface area (Å²) in [6.45, 7) is 0. The van der Waals surface area contributed by atoms with E-state index in [1.54, 1.807) is 24.4 Å². The van der Waals surface area contributed by atoms with Crippen molar-refractivity contribution >= 4 is 21.9 Å². The first-order valence-electron chi connectivity index (χ1n) is 7.16. The summed E-state index contributed by atoms with van der Waals surface area (Å²) in [6, 6.07) is 22.3. The molecule has 0 saturated carbocycles. The van der Waals surface area contributed by atoms with Crippen molar-refractivity contribution in [1.82, 2.24) is 4.98 Å². The van der Waals surface area contributed by atoms with Crippen molar-refractivity contribution in [1.29, 1.82) is 0 Å². The number of nitrogens with zero attached hydrogens (tertiary/aromatic N) is 1. The monoisotopic (exact) mass is 367 g/mol. The van der Waals surface area contributed by atoms with E-state index < -0.39 is 6.10 Å². The molecule has 0 amide bonds. The van der Waals surface area contributed by atoms with Gasteiger partial charge in [0.1, 0.15) is 0 Å². The summed E-state index contributed by atoms with van der Waals surface area (Å²) in [4.78, 5) is 16.8. The Hall–Kier alpha value is -2.46. The van der Waals surface area contributed by atoms with Gasteiger partial charge in [-0.3, -0.25) is 4.98 Å². The van der Waals surface area contributed by atoms with Crippen LogP contribution in [0.3, 0.4) is 0 Å². The SMILES string of the molecule is O=C(OC(c1ccccc1)c1ccccn1)c1cccc(Br)c1. The van der Waals surface area contributed by atoms with E-state index >= 15 is 0 Å². The molecule has 2 aromatic carbocycles. The molecule has 0 bridgehead atoms. The Labute approximate surface area is 143 Å². The Balaban J connectivity index is 1.92. The van der Waals surface area contributed by atoms with Crippen molar-refractivity contribution in [3.63, 3.8) is 0 Å². The normalized spacial score (nSPS) is 11.7. The van der Waals surface area contributed by atoms with Crippen LogP contribution in [0.15, 0.2) is 83.5 Å². The molecule has 0 aliphatic heterocycles. The van der Waals surface area contributed by atoms with Gasteiger partial charge in [0, 0.05) is 10.7 Å². The second-order valence-electron chi connectivity index (χ2n) is 4.96. The van der Waals surface area contributed by atoms with Gasteiger partial charge >= 0.3 is 5.97 Å². The van der Waals surface area contributed by atoms with E-state index in [4.69, 9.17) is 4.74 Å². The lowest BCUT2D eigenvalue weighted by molar-refractivity contribution is 0.0370. The fourth-order valence-corrected chi connectivity index (χ4v) is 2.65. The van der Waals surface area contributed by atoms with Crippen LogP contribution in [0.25, 0.3) is 0 Å². The maximum atomic E-state index is 12.5. The number of carbonyl (C=O) groups is 1. The Morgan fingerprint density at radius 3 is 2.43 bits per heavy atom. The molecule has 1 heterocycles. The lowest BCUT2D eigenvalue weighted by Crippen LogP contribution is -2.14. The molecule has 0 spiro atoms. The minimum atomic E-state index is -0.538. The minimum absolute atomic E-state index is 0.384. The van der Waals surface area contributed by atoms with Gasteiger partial charge in [0.05, 0.1) is 11.3 Å². The van der Waals surface area contributed by atoms with Crippen LogP contribution in [0.5, 0.6) is 0 Å². The van der Waals surface area contributed by atoms with Crippen molar-refractivity contribution < 1.29 is 9.53 Å². The highest BCUT2D eigenvalue weighted by Gasteiger charge is 2.21. The standard InChI is InChI=1S/C19H14BrNO2/c20-16-10-6-9-15(13-16)19(22)23-18(14-7-2-1-3-8-14)17-11-4-5-12-21-17/h1-13,18H. The van der Waals surface area contributed by atoms with Crippen molar-refractivity contribution in [2.75, 3.05) is 0 Å². The van der Waals surface area contributed by atoms with Crippen molar-refractivity contribution in [3.05, 3.63) is 100 Å². The topological polar surface area (TPSA) is 39.2 Å². The quantitative estimate of drug-likeness (QED) is 0.622. The van der Waals surface area contributed by atoms with Gasteiger partial charge < -0.3 is 4.74 Å². The summed E-state index contributed by atoms with van der Waals surface area (Å²) in [5, 5.41) is 0. The number of hydrogen-bond acceptors (Lipinski definition) is 3. The lowest BCUT2D eigenvalue weighted by atomic mass is 10.1. The van der Waals surface area contributed by atoms with Crippen LogP contribution in [-0.2, 0) is 4.74 Å². The Kier molecular flexibility index (Phi) is 4.83. The molecular weight excluding hydrogens is 354 g/mol. The summed E-state index contributed by atoms with van der Waals surface area (Å²) < 4.78 is 6.58. The molecule has 0 saturated heterocycles. The highest BCUT2D eigenvalue weighted by molar-refractivity contribution is 9.10. The van der Waals surface area contributed by atoms with E-state index in [-0.39, 0.29) is 5.97 Å². The van der Waals surface area contributed by atoms with Gasteiger partial charge in [-0.25, -0.2) is 4.79 Å². The first kappa shape index (κ1) is 15.4. The van der Waals surface area contributed by atoms with E-state index in [0.29, 0.717) is 11.3 Å². The van der Waals surface area contributed by atoms with Gasteiger partial charge in [-0.15, -0.1) is 0 Å². The van der Waals surface area contributed by atoms with Crippen LogP contribution in [0.2, 0.25) is 0 Å². The number of ether oxygens (including phenoxy) is 1. The summed E-state index contributed by atoms with van der Waals surface area (Å²) in [7, 11) is 0. The molecule has 0 aliphatic rings. The van der Waals surface area contributed by atoms with Crippen LogP contribution >= 0.6 is 15.9 Å². The van der Waals surface area contributed by atoms with Gasteiger partial charge in [-0.2, -0.15) is 0 Å². The molecule has 1 aromatic heterocycles. The molecular formula is C19H14BrNO2. The highest BCUT2D eigenvalue weighted by Crippen LogP contribution is 2.26. The fraction of sp³-hybridized carbons (Fsp3) is 0.0526. The number of rotatable bonds is 4. The lowest BCUT2D eigenvalue weighted by Gasteiger charge is -2.18. The number of benzene rings is 2. The summed E-state index contributed by atoms with van der Waals surface area (Å²) in [5.74, 6) is -0.384. The molecule has 114 valence electrons. The number of aromatic nitrogens is 1. The largest absolute Gasteiger partial charge is 0.447 e. The molecule has 3 aromatic rings. The van der Waals surface area contributed by atoms with E-state index in [0.717, 1.165) is 10.0 Å². The number of pyridine rings is 1. The van der Waals surface area contributed by atoms with Gasteiger partial charge in [0.15, 0.2) is 6.10 Å². The Morgan fingerprint density at radius 1 is 0.957 bits per heavy atom. The maximum absolute atomic E-state index is 12.5. The molecule has 0 N–H and O–H groups in total. The fourth-order valence-electron chi connectivity index (χ4n) is 2.25. The van der Waals surface area contributed by atoms with Crippen molar-refractivity contribution in [2.45, 2.75) is 6.10 Å². The first-order valence-corrected chi connectivity index (χ1v) is 7.96. The zero-order valence-corrected chi connectivity index (χ0v) is 13.8. The van der Waals surface area contributed by atoms with Gasteiger partial charge in [0.2, 0.25) is 0 Å². The predicted octanol–water partition coefficient (Wildman–Crippen LogP) is 4.79. The third-order valence-corrected chi connectivity index (χ3v) is 3.84. The van der Waals surface area contributed by atoms with Gasteiger partial charge in [-0.1, -0.05) is 58.4 Å².